The number of methoxy groups -OCH3 is 1. The zero-order valence-electron chi connectivity index (χ0n) is 14.3. The molecule has 4 aromatic rings. The number of aromatic nitrogens is 2. The molecule has 0 spiro atoms. The van der Waals surface area contributed by atoms with Crippen LogP contribution in [0.3, 0.4) is 0 Å². The molecule has 26 heavy (non-hydrogen) atoms. The van der Waals surface area contributed by atoms with Crippen molar-refractivity contribution in [1.29, 1.82) is 5.26 Å². The lowest BCUT2D eigenvalue weighted by molar-refractivity contribution is 0.185. The van der Waals surface area contributed by atoms with Crippen LogP contribution < -0.4 is 4.74 Å². The molecule has 0 aliphatic rings. The molecular weight excluding hydrogens is 326 g/mol. The summed E-state index contributed by atoms with van der Waals surface area (Å²) in [4.78, 5) is 7.61. The van der Waals surface area contributed by atoms with Gasteiger partial charge in [-0.1, -0.05) is 36.4 Å². The molecule has 0 aliphatic heterocycles. The van der Waals surface area contributed by atoms with Crippen molar-refractivity contribution < 1.29 is 9.47 Å². The summed E-state index contributed by atoms with van der Waals surface area (Å²) in [7, 11) is 1.61. The van der Waals surface area contributed by atoms with E-state index in [2.05, 4.69) is 16.0 Å². The number of nitriles is 1. The van der Waals surface area contributed by atoms with E-state index in [1.54, 1.807) is 13.3 Å². The van der Waals surface area contributed by atoms with Gasteiger partial charge in [-0.05, 0) is 17.7 Å². The van der Waals surface area contributed by atoms with Gasteiger partial charge in [0, 0.05) is 23.4 Å². The second-order valence-electron chi connectivity index (χ2n) is 6.00. The Morgan fingerprint density at radius 1 is 1.00 bits per heavy atom. The third-order valence-electron chi connectivity index (χ3n) is 4.36. The number of pyridine rings is 1. The maximum atomic E-state index is 9.43. The highest BCUT2D eigenvalue weighted by atomic mass is 16.5. The van der Waals surface area contributed by atoms with Gasteiger partial charge in [-0.15, -0.1) is 0 Å². The van der Waals surface area contributed by atoms with Crippen molar-refractivity contribution >= 4 is 21.8 Å². The van der Waals surface area contributed by atoms with E-state index >= 15 is 0 Å². The lowest BCUT2D eigenvalue weighted by Gasteiger charge is -2.10. The lowest BCUT2D eigenvalue weighted by Crippen LogP contribution is -1.98. The second kappa shape index (κ2) is 6.87. The summed E-state index contributed by atoms with van der Waals surface area (Å²) in [5.74, 6) is 0.769. The van der Waals surface area contributed by atoms with E-state index in [1.165, 1.54) is 0 Å². The highest BCUT2D eigenvalue weighted by Gasteiger charge is 2.17. The Bertz CT molecular complexity index is 1110. The fourth-order valence-electron chi connectivity index (χ4n) is 3.21. The van der Waals surface area contributed by atoms with E-state index in [-0.39, 0.29) is 0 Å². The standard InChI is InChI=1S/C21H17N3O2/c1-25-13-15-17(10-22)23-11-18-20(15)21-16(24-18)8-5-9-19(21)26-12-14-6-3-2-4-7-14/h2-9,11,24H,12-13H2,1H3. The lowest BCUT2D eigenvalue weighted by atomic mass is 10.1. The summed E-state index contributed by atoms with van der Waals surface area (Å²) in [5, 5.41) is 11.3. The first-order chi connectivity index (χ1) is 12.8. The van der Waals surface area contributed by atoms with Crippen molar-refractivity contribution in [2.75, 3.05) is 7.11 Å². The van der Waals surface area contributed by atoms with E-state index in [0.29, 0.717) is 18.9 Å². The summed E-state index contributed by atoms with van der Waals surface area (Å²) >= 11 is 0. The molecule has 0 radical (unpaired) electrons. The number of nitrogens with one attached hydrogen (secondary N) is 1. The third-order valence-corrected chi connectivity index (χ3v) is 4.36. The number of ether oxygens (including phenoxy) is 2. The molecule has 1 N–H and O–H groups in total. The molecule has 0 saturated carbocycles. The minimum atomic E-state index is 0.313. The van der Waals surface area contributed by atoms with Crippen molar-refractivity contribution in [1.82, 2.24) is 9.97 Å². The maximum Gasteiger partial charge on any atom is 0.146 e. The molecule has 0 amide bonds. The van der Waals surface area contributed by atoms with E-state index < -0.39 is 0 Å². The summed E-state index contributed by atoms with van der Waals surface area (Å²) in [6, 6.07) is 18.1. The van der Waals surface area contributed by atoms with E-state index in [9.17, 15) is 5.26 Å². The van der Waals surface area contributed by atoms with Crippen LogP contribution in [0.5, 0.6) is 5.75 Å². The average molecular weight is 343 g/mol. The summed E-state index contributed by atoms with van der Waals surface area (Å²) < 4.78 is 11.4. The van der Waals surface area contributed by atoms with Gasteiger partial charge in [0.15, 0.2) is 0 Å². The van der Waals surface area contributed by atoms with Crippen molar-refractivity contribution in [2.45, 2.75) is 13.2 Å². The number of hydrogen-bond acceptors (Lipinski definition) is 4. The van der Waals surface area contributed by atoms with Gasteiger partial charge in [0.1, 0.15) is 24.1 Å². The minimum Gasteiger partial charge on any atom is -0.488 e. The van der Waals surface area contributed by atoms with Crippen LogP contribution in [0, 0.1) is 11.3 Å². The molecule has 5 nitrogen and oxygen atoms in total. The first kappa shape index (κ1) is 16.1. The van der Waals surface area contributed by atoms with Gasteiger partial charge >= 0.3 is 0 Å². The number of H-pyrrole nitrogens is 1. The van der Waals surface area contributed by atoms with Gasteiger partial charge in [-0.3, -0.25) is 0 Å². The van der Waals surface area contributed by atoms with Crippen molar-refractivity contribution in [3.63, 3.8) is 0 Å². The number of rotatable bonds is 5. The Hall–Kier alpha value is -3.36. The molecule has 2 aromatic heterocycles. The van der Waals surface area contributed by atoms with Crippen LogP contribution in [0.25, 0.3) is 21.8 Å². The molecule has 0 atom stereocenters. The number of hydrogen-bond donors (Lipinski definition) is 1. The van der Waals surface area contributed by atoms with Crippen LogP contribution in [-0.4, -0.2) is 17.1 Å². The van der Waals surface area contributed by atoms with E-state index in [4.69, 9.17) is 9.47 Å². The smallest absolute Gasteiger partial charge is 0.146 e. The summed E-state index contributed by atoms with van der Waals surface area (Å²) in [6.45, 7) is 0.787. The molecule has 0 bridgehead atoms. The van der Waals surface area contributed by atoms with Crippen LogP contribution in [0.4, 0.5) is 0 Å². The fraction of sp³-hybridized carbons (Fsp3) is 0.143. The minimum absolute atomic E-state index is 0.313. The zero-order chi connectivity index (χ0) is 17.9. The van der Waals surface area contributed by atoms with Gasteiger partial charge in [0.25, 0.3) is 0 Å². The number of nitrogens with zero attached hydrogens (tertiary/aromatic N) is 2. The molecule has 0 aliphatic carbocycles. The SMILES string of the molecule is COCc1c(C#N)ncc2[nH]c3cccc(OCc4ccccc4)c3c12. The van der Waals surface area contributed by atoms with Crippen LogP contribution >= 0.6 is 0 Å². The van der Waals surface area contributed by atoms with Gasteiger partial charge in [-0.25, -0.2) is 4.98 Å². The summed E-state index contributed by atoms with van der Waals surface area (Å²) in [6.07, 6.45) is 1.69. The molecule has 2 heterocycles. The molecule has 0 unspecified atom stereocenters. The predicted octanol–water partition coefficient (Wildman–Crippen LogP) is 4.31. The van der Waals surface area contributed by atoms with Crippen LogP contribution in [0.1, 0.15) is 16.8 Å². The Kier molecular flexibility index (Phi) is 4.26. The number of benzene rings is 2. The molecular formula is C21H17N3O2. The van der Waals surface area contributed by atoms with E-state index in [0.717, 1.165) is 38.7 Å². The second-order valence-corrected chi connectivity index (χ2v) is 6.00. The fourth-order valence-corrected chi connectivity index (χ4v) is 3.21. The molecule has 4 rings (SSSR count). The molecule has 2 aromatic carbocycles. The van der Waals surface area contributed by atoms with Gasteiger partial charge < -0.3 is 14.5 Å². The van der Waals surface area contributed by atoms with Gasteiger partial charge in [-0.2, -0.15) is 5.26 Å². The zero-order valence-corrected chi connectivity index (χ0v) is 14.3. The molecule has 128 valence electrons. The topological polar surface area (TPSA) is 70.9 Å². The maximum absolute atomic E-state index is 9.43. The number of fused-ring (bicyclic) bond motifs is 3. The quantitative estimate of drug-likeness (QED) is 0.586. The Labute approximate surface area is 150 Å². The first-order valence-corrected chi connectivity index (χ1v) is 8.30. The normalized spacial score (nSPS) is 10.9. The average Bonchev–Trinajstić information content (AvgIpc) is 3.07. The van der Waals surface area contributed by atoms with Crippen molar-refractivity contribution in [3.8, 4) is 11.8 Å². The monoisotopic (exact) mass is 343 g/mol. The molecule has 5 heteroatoms. The van der Waals surface area contributed by atoms with Crippen molar-refractivity contribution in [2.24, 2.45) is 0 Å². The van der Waals surface area contributed by atoms with Crippen molar-refractivity contribution in [3.05, 3.63) is 71.5 Å². The Morgan fingerprint density at radius 2 is 1.85 bits per heavy atom. The number of aromatic amines is 1. The first-order valence-electron chi connectivity index (χ1n) is 8.30. The third kappa shape index (κ3) is 2.77. The largest absolute Gasteiger partial charge is 0.488 e. The predicted molar refractivity (Wildman–Crippen MR) is 99.8 cm³/mol. The van der Waals surface area contributed by atoms with Gasteiger partial charge in [0.05, 0.1) is 23.8 Å². The van der Waals surface area contributed by atoms with E-state index in [1.807, 2.05) is 48.5 Å². The highest BCUT2D eigenvalue weighted by molar-refractivity contribution is 6.12. The Morgan fingerprint density at radius 3 is 2.62 bits per heavy atom. The molecule has 0 saturated heterocycles. The highest BCUT2D eigenvalue weighted by Crippen LogP contribution is 2.36. The molecule has 0 fully saturated rings. The van der Waals surface area contributed by atoms with Crippen LogP contribution in [0.15, 0.2) is 54.7 Å². The van der Waals surface area contributed by atoms with Crippen LogP contribution in [0.2, 0.25) is 0 Å². The van der Waals surface area contributed by atoms with Crippen LogP contribution in [-0.2, 0) is 18.0 Å². The van der Waals surface area contributed by atoms with Gasteiger partial charge in [0.2, 0.25) is 0 Å². The Balaban J connectivity index is 1.88. The summed E-state index contributed by atoms with van der Waals surface area (Å²) in [5.41, 5.74) is 4.05.